The number of hydrogen-bond acceptors (Lipinski definition) is 2. The Bertz CT molecular complexity index is 141. The van der Waals surface area contributed by atoms with Gasteiger partial charge in [-0.1, -0.05) is 0 Å². The van der Waals surface area contributed by atoms with Gasteiger partial charge in [-0.25, -0.2) is 4.98 Å². The summed E-state index contributed by atoms with van der Waals surface area (Å²) in [6.45, 7) is 0.948. The van der Waals surface area contributed by atoms with Gasteiger partial charge < -0.3 is 4.57 Å². The van der Waals surface area contributed by atoms with Gasteiger partial charge in [-0.05, 0) is 0 Å². The molecule has 0 aliphatic heterocycles. The number of rotatable bonds is 2. The lowest BCUT2D eigenvalue weighted by Crippen LogP contribution is -1.93. The van der Waals surface area contributed by atoms with Gasteiger partial charge in [0.1, 0.15) is 0 Å². The summed E-state index contributed by atoms with van der Waals surface area (Å²) in [5.41, 5.74) is 0. The first-order valence-electron chi connectivity index (χ1n) is 2.50. The molecular formula is C5H9ClN2S. The monoisotopic (exact) mass is 164 g/mol. The maximum Gasteiger partial charge on any atom is 0.0946 e. The van der Waals surface area contributed by atoms with Crippen LogP contribution in [0.5, 0.6) is 0 Å². The summed E-state index contributed by atoms with van der Waals surface area (Å²) >= 11 is 4.06. The van der Waals surface area contributed by atoms with E-state index in [1.807, 2.05) is 10.8 Å². The molecule has 0 spiro atoms. The number of hydrogen-bond donors (Lipinski definition) is 1. The van der Waals surface area contributed by atoms with Gasteiger partial charge in [-0.15, -0.1) is 12.4 Å². The van der Waals surface area contributed by atoms with Gasteiger partial charge >= 0.3 is 0 Å². The van der Waals surface area contributed by atoms with Crippen LogP contribution in [0.1, 0.15) is 0 Å². The second-order valence-electron chi connectivity index (χ2n) is 1.52. The fourth-order valence-electron chi connectivity index (χ4n) is 0.534. The molecular weight excluding hydrogens is 156 g/mol. The van der Waals surface area contributed by atoms with Crippen LogP contribution >= 0.6 is 25.0 Å². The molecule has 0 aliphatic carbocycles. The first-order chi connectivity index (χ1) is 3.93. The van der Waals surface area contributed by atoms with Crippen molar-refractivity contribution < 1.29 is 0 Å². The van der Waals surface area contributed by atoms with Crippen LogP contribution in [-0.2, 0) is 6.54 Å². The van der Waals surface area contributed by atoms with E-state index in [1.165, 1.54) is 0 Å². The van der Waals surface area contributed by atoms with Crippen molar-refractivity contribution in [3.63, 3.8) is 0 Å². The normalized spacial score (nSPS) is 8.56. The average Bonchev–Trinajstić information content (AvgIpc) is 2.19. The first-order valence-corrected chi connectivity index (χ1v) is 3.13. The predicted molar refractivity (Wildman–Crippen MR) is 43.3 cm³/mol. The second kappa shape index (κ2) is 4.70. The molecule has 1 aromatic rings. The fraction of sp³-hybridized carbons (Fsp3) is 0.400. The number of aromatic nitrogens is 2. The van der Waals surface area contributed by atoms with Crippen LogP contribution in [0, 0.1) is 0 Å². The minimum Gasteiger partial charge on any atom is -0.337 e. The smallest absolute Gasteiger partial charge is 0.0946 e. The Morgan fingerprint density at radius 3 is 2.78 bits per heavy atom. The number of nitrogens with zero attached hydrogens (tertiary/aromatic N) is 2. The quantitative estimate of drug-likeness (QED) is 0.652. The highest BCUT2D eigenvalue weighted by Gasteiger charge is 1.82. The van der Waals surface area contributed by atoms with E-state index in [0.717, 1.165) is 12.3 Å². The van der Waals surface area contributed by atoms with Crippen molar-refractivity contribution in [3.8, 4) is 0 Å². The molecule has 0 amide bonds. The van der Waals surface area contributed by atoms with Crippen LogP contribution in [-0.4, -0.2) is 15.3 Å². The topological polar surface area (TPSA) is 17.8 Å². The maximum absolute atomic E-state index is 4.06. The molecule has 0 saturated carbocycles. The van der Waals surface area contributed by atoms with E-state index in [4.69, 9.17) is 0 Å². The summed E-state index contributed by atoms with van der Waals surface area (Å²) in [5.74, 6) is 0.871. The molecule has 0 saturated heterocycles. The Morgan fingerprint density at radius 2 is 2.33 bits per heavy atom. The van der Waals surface area contributed by atoms with Gasteiger partial charge in [0.15, 0.2) is 0 Å². The van der Waals surface area contributed by atoms with Gasteiger partial charge in [0.05, 0.1) is 6.33 Å². The van der Waals surface area contributed by atoms with Gasteiger partial charge in [0, 0.05) is 24.7 Å². The van der Waals surface area contributed by atoms with Crippen molar-refractivity contribution in [1.82, 2.24) is 9.55 Å². The Kier molecular flexibility index (Phi) is 4.62. The van der Waals surface area contributed by atoms with Crippen LogP contribution in [0.15, 0.2) is 18.7 Å². The van der Waals surface area contributed by atoms with Gasteiger partial charge in [0.2, 0.25) is 0 Å². The largest absolute Gasteiger partial charge is 0.337 e. The van der Waals surface area contributed by atoms with E-state index < -0.39 is 0 Å². The molecule has 0 atom stereocenters. The zero-order valence-corrected chi connectivity index (χ0v) is 6.61. The third-order valence-corrected chi connectivity index (χ3v) is 1.12. The number of halogens is 1. The molecule has 1 rings (SSSR count). The Labute approximate surface area is 66.1 Å². The Balaban J connectivity index is 0.000000640. The van der Waals surface area contributed by atoms with Crippen molar-refractivity contribution >= 4 is 25.0 Å². The zero-order valence-electron chi connectivity index (χ0n) is 4.90. The molecule has 0 unspecified atom stereocenters. The number of aryl methyl sites for hydroxylation is 1. The summed E-state index contributed by atoms with van der Waals surface area (Å²) in [7, 11) is 0. The van der Waals surface area contributed by atoms with Crippen LogP contribution in [0.3, 0.4) is 0 Å². The molecule has 4 heteroatoms. The summed E-state index contributed by atoms with van der Waals surface area (Å²) in [4.78, 5) is 3.87. The lowest BCUT2D eigenvalue weighted by Gasteiger charge is -1.92. The third-order valence-electron chi connectivity index (χ3n) is 0.917. The SMILES string of the molecule is Cl.SCCn1ccnc1. The summed E-state index contributed by atoms with van der Waals surface area (Å²) in [6.07, 6.45) is 5.48. The standard InChI is InChI=1S/C5H8N2S.ClH/c8-4-3-7-2-1-6-5-7;/h1-2,5,8H,3-4H2;1H. The Morgan fingerprint density at radius 1 is 1.56 bits per heavy atom. The highest BCUT2D eigenvalue weighted by Crippen LogP contribution is 1.85. The summed E-state index contributed by atoms with van der Waals surface area (Å²) in [5, 5.41) is 0. The van der Waals surface area contributed by atoms with Crippen LogP contribution in [0.2, 0.25) is 0 Å². The zero-order chi connectivity index (χ0) is 5.82. The fourth-order valence-corrected chi connectivity index (χ4v) is 0.765. The second-order valence-corrected chi connectivity index (χ2v) is 1.97. The van der Waals surface area contributed by atoms with Crippen LogP contribution in [0.25, 0.3) is 0 Å². The Hall–Kier alpha value is -0.150. The lowest BCUT2D eigenvalue weighted by molar-refractivity contribution is 0.772. The lowest BCUT2D eigenvalue weighted by atomic mass is 10.7. The molecule has 0 aromatic carbocycles. The van der Waals surface area contributed by atoms with Crippen molar-refractivity contribution in [2.75, 3.05) is 5.75 Å². The average molecular weight is 165 g/mol. The van der Waals surface area contributed by atoms with Gasteiger partial charge in [0.25, 0.3) is 0 Å². The van der Waals surface area contributed by atoms with Gasteiger partial charge in [-0.3, -0.25) is 0 Å². The predicted octanol–water partition coefficient (Wildman–Crippen LogP) is 1.23. The molecule has 1 aromatic heterocycles. The van der Waals surface area contributed by atoms with E-state index in [9.17, 15) is 0 Å². The van der Waals surface area contributed by atoms with Crippen LogP contribution < -0.4 is 0 Å². The highest BCUT2D eigenvalue weighted by atomic mass is 35.5. The molecule has 1 heterocycles. The molecule has 52 valence electrons. The van der Waals surface area contributed by atoms with Crippen molar-refractivity contribution in [1.29, 1.82) is 0 Å². The van der Waals surface area contributed by atoms with E-state index in [2.05, 4.69) is 17.6 Å². The molecule has 0 fully saturated rings. The highest BCUT2D eigenvalue weighted by molar-refractivity contribution is 7.80. The minimum absolute atomic E-state index is 0. The van der Waals surface area contributed by atoms with E-state index in [1.54, 1.807) is 12.5 Å². The molecule has 9 heavy (non-hydrogen) atoms. The van der Waals surface area contributed by atoms with E-state index in [-0.39, 0.29) is 12.4 Å². The minimum atomic E-state index is 0. The van der Waals surface area contributed by atoms with Crippen molar-refractivity contribution in [2.45, 2.75) is 6.54 Å². The molecule has 0 aliphatic rings. The summed E-state index contributed by atoms with van der Waals surface area (Å²) in [6, 6.07) is 0. The van der Waals surface area contributed by atoms with Crippen molar-refractivity contribution in [3.05, 3.63) is 18.7 Å². The van der Waals surface area contributed by atoms with Crippen LogP contribution in [0.4, 0.5) is 0 Å². The maximum atomic E-state index is 4.06. The van der Waals surface area contributed by atoms with Gasteiger partial charge in [-0.2, -0.15) is 12.6 Å². The van der Waals surface area contributed by atoms with E-state index in [0.29, 0.717) is 0 Å². The molecule has 0 radical (unpaired) electrons. The summed E-state index contributed by atoms with van der Waals surface area (Å²) < 4.78 is 1.99. The van der Waals surface area contributed by atoms with Crippen molar-refractivity contribution in [2.24, 2.45) is 0 Å². The molecule has 0 N–H and O–H groups in total. The number of imidazole rings is 1. The third kappa shape index (κ3) is 2.77. The van der Waals surface area contributed by atoms with E-state index >= 15 is 0 Å². The molecule has 2 nitrogen and oxygen atoms in total. The first kappa shape index (κ1) is 8.85. The number of thiol groups is 1. The molecule has 0 bridgehead atoms.